The van der Waals surface area contributed by atoms with Gasteiger partial charge in [-0.1, -0.05) is 12.1 Å². The van der Waals surface area contributed by atoms with Crippen molar-refractivity contribution in [2.75, 3.05) is 46.6 Å². The molecule has 5 heteroatoms. The SMILES string of the molecule is COc1cccc(CN2CC3(C[C@H](OCC4CCOCC4)CCO3)C2)c1. The number of hydrogen-bond acceptors (Lipinski definition) is 5. The van der Waals surface area contributed by atoms with Crippen LogP contribution in [0.1, 0.15) is 31.2 Å². The molecule has 0 bridgehead atoms. The molecule has 3 fully saturated rings. The van der Waals surface area contributed by atoms with E-state index in [-0.39, 0.29) is 5.60 Å². The summed E-state index contributed by atoms with van der Waals surface area (Å²) in [6.07, 6.45) is 4.70. The van der Waals surface area contributed by atoms with Crippen molar-refractivity contribution in [1.29, 1.82) is 0 Å². The number of rotatable bonds is 6. The predicted octanol–water partition coefficient (Wildman–Crippen LogP) is 2.87. The summed E-state index contributed by atoms with van der Waals surface area (Å²) in [6.45, 7) is 6.46. The van der Waals surface area contributed by atoms with Gasteiger partial charge in [0.25, 0.3) is 0 Å². The van der Waals surface area contributed by atoms with Gasteiger partial charge in [0.15, 0.2) is 0 Å². The zero-order valence-corrected chi connectivity index (χ0v) is 15.8. The van der Waals surface area contributed by atoms with Crippen LogP contribution >= 0.6 is 0 Å². The van der Waals surface area contributed by atoms with E-state index in [1.54, 1.807) is 7.11 Å². The first kappa shape index (κ1) is 18.2. The molecule has 0 saturated carbocycles. The first-order chi connectivity index (χ1) is 12.7. The number of methoxy groups -OCH3 is 1. The Morgan fingerprint density at radius 1 is 1.15 bits per heavy atom. The van der Waals surface area contributed by atoms with Crippen LogP contribution in [0.3, 0.4) is 0 Å². The highest BCUT2D eigenvalue weighted by Crippen LogP contribution is 2.36. The maximum Gasteiger partial charge on any atom is 0.119 e. The van der Waals surface area contributed by atoms with Gasteiger partial charge in [-0.05, 0) is 42.9 Å². The van der Waals surface area contributed by atoms with Gasteiger partial charge in [-0.25, -0.2) is 0 Å². The average Bonchev–Trinajstić information content (AvgIpc) is 2.66. The van der Waals surface area contributed by atoms with Crippen molar-refractivity contribution >= 4 is 0 Å². The van der Waals surface area contributed by atoms with Crippen molar-refractivity contribution in [3.63, 3.8) is 0 Å². The van der Waals surface area contributed by atoms with Gasteiger partial charge in [-0.3, -0.25) is 4.90 Å². The highest BCUT2D eigenvalue weighted by molar-refractivity contribution is 5.28. The molecular weight excluding hydrogens is 330 g/mol. The molecule has 3 heterocycles. The number of benzene rings is 1. The molecule has 4 rings (SSSR count). The van der Waals surface area contributed by atoms with Crippen LogP contribution in [0, 0.1) is 5.92 Å². The summed E-state index contributed by atoms with van der Waals surface area (Å²) in [5.41, 5.74) is 1.31. The Kier molecular flexibility index (Phi) is 5.79. The lowest BCUT2D eigenvalue weighted by Gasteiger charge is -2.53. The first-order valence-electron chi connectivity index (χ1n) is 9.93. The van der Waals surface area contributed by atoms with Gasteiger partial charge in [0.2, 0.25) is 0 Å². The average molecular weight is 361 g/mol. The fraction of sp³-hybridized carbons (Fsp3) is 0.714. The summed E-state index contributed by atoms with van der Waals surface area (Å²) >= 11 is 0. The molecule has 3 aliphatic heterocycles. The summed E-state index contributed by atoms with van der Waals surface area (Å²) in [4.78, 5) is 2.45. The van der Waals surface area contributed by atoms with Crippen LogP contribution in [0.25, 0.3) is 0 Å². The molecule has 26 heavy (non-hydrogen) atoms. The Labute approximate surface area is 156 Å². The second-order valence-corrected chi connectivity index (χ2v) is 8.03. The Bertz CT molecular complexity index is 581. The van der Waals surface area contributed by atoms with Gasteiger partial charge in [0, 0.05) is 52.5 Å². The van der Waals surface area contributed by atoms with Crippen LogP contribution < -0.4 is 4.74 Å². The second kappa shape index (κ2) is 8.26. The number of ether oxygens (including phenoxy) is 4. The molecule has 1 aromatic rings. The van der Waals surface area contributed by atoms with Gasteiger partial charge in [-0.2, -0.15) is 0 Å². The summed E-state index contributed by atoms with van der Waals surface area (Å²) in [6, 6.07) is 8.33. The molecule has 0 unspecified atom stereocenters. The minimum Gasteiger partial charge on any atom is -0.497 e. The Hall–Kier alpha value is -1.14. The van der Waals surface area contributed by atoms with E-state index in [4.69, 9.17) is 18.9 Å². The fourth-order valence-corrected chi connectivity index (χ4v) is 4.44. The molecule has 3 aliphatic rings. The fourth-order valence-electron chi connectivity index (χ4n) is 4.44. The van der Waals surface area contributed by atoms with E-state index in [1.165, 1.54) is 5.56 Å². The molecule has 3 saturated heterocycles. The van der Waals surface area contributed by atoms with Crippen LogP contribution in [0.4, 0.5) is 0 Å². The maximum absolute atomic E-state index is 6.27. The molecule has 0 amide bonds. The quantitative estimate of drug-likeness (QED) is 0.779. The summed E-state index contributed by atoms with van der Waals surface area (Å²) in [7, 11) is 1.72. The molecule has 5 nitrogen and oxygen atoms in total. The summed E-state index contributed by atoms with van der Waals surface area (Å²) in [5.74, 6) is 1.60. The van der Waals surface area contributed by atoms with Crippen LogP contribution in [0.5, 0.6) is 5.75 Å². The zero-order valence-electron chi connectivity index (χ0n) is 15.8. The van der Waals surface area contributed by atoms with E-state index in [9.17, 15) is 0 Å². The number of nitrogens with zero attached hydrogens (tertiary/aromatic N) is 1. The van der Waals surface area contributed by atoms with E-state index in [0.717, 1.165) is 77.5 Å². The van der Waals surface area contributed by atoms with Gasteiger partial charge < -0.3 is 18.9 Å². The number of likely N-dealkylation sites (tertiary alicyclic amines) is 1. The monoisotopic (exact) mass is 361 g/mol. The largest absolute Gasteiger partial charge is 0.497 e. The van der Waals surface area contributed by atoms with Crippen LogP contribution in [-0.4, -0.2) is 63.2 Å². The standard InChI is InChI=1S/C21H31NO4/c1-23-19-4-2-3-18(11-19)13-22-15-21(16-22)12-20(7-10-26-21)25-14-17-5-8-24-9-6-17/h2-4,11,17,20H,5-10,12-16H2,1H3/t20-/m1/s1. The van der Waals surface area contributed by atoms with Crippen molar-refractivity contribution in [2.45, 2.75) is 43.9 Å². The molecule has 0 aromatic heterocycles. The van der Waals surface area contributed by atoms with Crippen molar-refractivity contribution < 1.29 is 18.9 Å². The van der Waals surface area contributed by atoms with Crippen molar-refractivity contribution in [3.8, 4) is 5.75 Å². The molecule has 144 valence electrons. The lowest BCUT2D eigenvalue weighted by Crippen LogP contribution is -2.65. The van der Waals surface area contributed by atoms with E-state index in [0.29, 0.717) is 12.0 Å². The Balaban J connectivity index is 1.23. The maximum atomic E-state index is 6.27. The Morgan fingerprint density at radius 3 is 2.81 bits per heavy atom. The molecule has 0 radical (unpaired) electrons. The van der Waals surface area contributed by atoms with Crippen LogP contribution in [0.15, 0.2) is 24.3 Å². The summed E-state index contributed by atoms with van der Waals surface area (Å²) < 4.78 is 23.2. The molecule has 1 aromatic carbocycles. The van der Waals surface area contributed by atoms with Crippen molar-refractivity contribution in [1.82, 2.24) is 4.90 Å². The number of hydrogen-bond donors (Lipinski definition) is 0. The molecule has 1 spiro atoms. The smallest absolute Gasteiger partial charge is 0.119 e. The van der Waals surface area contributed by atoms with Crippen molar-refractivity contribution in [3.05, 3.63) is 29.8 Å². The van der Waals surface area contributed by atoms with Crippen LogP contribution in [-0.2, 0) is 20.8 Å². The predicted molar refractivity (Wildman–Crippen MR) is 99.5 cm³/mol. The second-order valence-electron chi connectivity index (χ2n) is 8.03. The third-order valence-corrected chi connectivity index (χ3v) is 5.92. The van der Waals surface area contributed by atoms with E-state index in [1.807, 2.05) is 6.07 Å². The van der Waals surface area contributed by atoms with E-state index >= 15 is 0 Å². The van der Waals surface area contributed by atoms with E-state index in [2.05, 4.69) is 23.1 Å². The van der Waals surface area contributed by atoms with Gasteiger partial charge >= 0.3 is 0 Å². The van der Waals surface area contributed by atoms with Gasteiger partial charge in [-0.15, -0.1) is 0 Å². The minimum absolute atomic E-state index is 0.0114. The van der Waals surface area contributed by atoms with Crippen LogP contribution in [0.2, 0.25) is 0 Å². The normalized spacial score (nSPS) is 26.6. The van der Waals surface area contributed by atoms with Gasteiger partial charge in [0.1, 0.15) is 5.75 Å². The van der Waals surface area contributed by atoms with Crippen molar-refractivity contribution in [2.24, 2.45) is 5.92 Å². The first-order valence-corrected chi connectivity index (χ1v) is 9.93. The molecule has 0 aliphatic carbocycles. The van der Waals surface area contributed by atoms with E-state index < -0.39 is 0 Å². The zero-order chi connectivity index (χ0) is 17.8. The minimum atomic E-state index is 0.0114. The van der Waals surface area contributed by atoms with Gasteiger partial charge in [0.05, 0.1) is 18.8 Å². The highest BCUT2D eigenvalue weighted by atomic mass is 16.5. The third-order valence-electron chi connectivity index (χ3n) is 5.92. The molecule has 1 atom stereocenters. The topological polar surface area (TPSA) is 40.2 Å². The summed E-state index contributed by atoms with van der Waals surface area (Å²) in [5, 5.41) is 0. The highest BCUT2D eigenvalue weighted by Gasteiger charge is 2.47. The Morgan fingerprint density at radius 2 is 2.00 bits per heavy atom. The molecular formula is C21H31NO4. The molecule has 0 N–H and O–H groups in total. The lowest BCUT2D eigenvalue weighted by atomic mass is 9.84. The lowest BCUT2D eigenvalue weighted by molar-refractivity contribution is -0.201. The third kappa shape index (κ3) is 4.39.